The molecule has 1 spiro atoms. The SMILES string of the molecule is CCN(Cc1c(C)nn(CC)c1C)C(=O)[C@@H]1Cc2[nH]cnc2C2(CCCCC2)N1. The summed E-state index contributed by atoms with van der Waals surface area (Å²) in [5.41, 5.74) is 5.47. The zero-order valence-electron chi connectivity index (χ0n) is 18.2. The monoisotopic (exact) mass is 398 g/mol. The number of hydrogen-bond acceptors (Lipinski definition) is 4. The highest BCUT2D eigenvalue weighted by Crippen LogP contribution is 2.40. The average Bonchev–Trinajstić information content (AvgIpc) is 3.31. The lowest BCUT2D eigenvalue weighted by Gasteiger charge is -2.44. The number of carbonyl (C=O) groups excluding carboxylic acids is 1. The molecular weight excluding hydrogens is 364 g/mol. The summed E-state index contributed by atoms with van der Waals surface area (Å²) in [6.07, 6.45) is 8.23. The van der Waals surface area contributed by atoms with Crippen LogP contribution in [0.25, 0.3) is 0 Å². The summed E-state index contributed by atoms with van der Waals surface area (Å²) >= 11 is 0. The molecule has 2 N–H and O–H groups in total. The summed E-state index contributed by atoms with van der Waals surface area (Å²) in [4.78, 5) is 23.5. The molecule has 0 saturated heterocycles. The van der Waals surface area contributed by atoms with E-state index in [1.54, 1.807) is 6.33 Å². The van der Waals surface area contributed by atoms with Gasteiger partial charge in [0.1, 0.15) is 0 Å². The van der Waals surface area contributed by atoms with Crippen LogP contribution in [0.15, 0.2) is 6.33 Å². The number of carbonyl (C=O) groups is 1. The number of likely N-dealkylation sites (N-methyl/N-ethyl adjacent to an activating group) is 1. The van der Waals surface area contributed by atoms with Crippen LogP contribution in [0, 0.1) is 13.8 Å². The second kappa shape index (κ2) is 7.94. The second-order valence-corrected chi connectivity index (χ2v) is 8.59. The molecule has 1 amide bonds. The molecular formula is C22H34N6O. The van der Waals surface area contributed by atoms with E-state index in [1.807, 2.05) is 16.5 Å². The van der Waals surface area contributed by atoms with Crippen molar-refractivity contribution >= 4 is 5.91 Å². The van der Waals surface area contributed by atoms with Gasteiger partial charge in [-0.15, -0.1) is 0 Å². The number of nitrogens with one attached hydrogen (secondary N) is 2. The van der Waals surface area contributed by atoms with Crippen LogP contribution < -0.4 is 5.32 Å². The number of fused-ring (bicyclic) bond motifs is 2. The van der Waals surface area contributed by atoms with Crippen molar-refractivity contribution in [3.05, 3.63) is 34.7 Å². The van der Waals surface area contributed by atoms with Crippen LogP contribution in [-0.4, -0.2) is 43.1 Å². The second-order valence-electron chi connectivity index (χ2n) is 8.59. The maximum absolute atomic E-state index is 13.6. The Hall–Kier alpha value is -2.15. The summed E-state index contributed by atoms with van der Waals surface area (Å²) in [6, 6.07) is -0.206. The minimum atomic E-state index is -0.206. The molecule has 0 unspecified atom stereocenters. The van der Waals surface area contributed by atoms with Crippen LogP contribution in [0.4, 0.5) is 0 Å². The van der Waals surface area contributed by atoms with E-state index in [0.29, 0.717) is 19.5 Å². The van der Waals surface area contributed by atoms with Crippen molar-refractivity contribution in [1.29, 1.82) is 0 Å². The van der Waals surface area contributed by atoms with Gasteiger partial charge >= 0.3 is 0 Å². The maximum Gasteiger partial charge on any atom is 0.240 e. The average molecular weight is 399 g/mol. The van der Waals surface area contributed by atoms with E-state index < -0.39 is 0 Å². The van der Waals surface area contributed by atoms with Gasteiger partial charge in [0.2, 0.25) is 5.91 Å². The van der Waals surface area contributed by atoms with E-state index in [-0.39, 0.29) is 17.5 Å². The third kappa shape index (κ3) is 3.50. The highest BCUT2D eigenvalue weighted by atomic mass is 16.2. The van der Waals surface area contributed by atoms with Crippen LogP contribution in [0.2, 0.25) is 0 Å². The van der Waals surface area contributed by atoms with Crippen LogP contribution in [-0.2, 0) is 29.8 Å². The molecule has 1 aliphatic heterocycles. The van der Waals surface area contributed by atoms with Crippen molar-refractivity contribution < 1.29 is 4.79 Å². The number of amides is 1. The van der Waals surface area contributed by atoms with E-state index in [1.165, 1.54) is 24.8 Å². The Kier molecular flexibility index (Phi) is 5.51. The largest absolute Gasteiger partial charge is 0.348 e. The fourth-order valence-corrected chi connectivity index (χ4v) is 5.26. The van der Waals surface area contributed by atoms with Gasteiger partial charge in [-0.2, -0.15) is 5.10 Å². The Morgan fingerprint density at radius 3 is 2.69 bits per heavy atom. The maximum atomic E-state index is 13.6. The molecule has 3 heterocycles. The molecule has 0 bridgehead atoms. The molecule has 1 atom stereocenters. The van der Waals surface area contributed by atoms with E-state index in [0.717, 1.165) is 42.2 Å². The lowest BCUT2D eigenvalue weighted by atomic mass is 9.75. The smallest absolute Gasteiger partial charge is 0.240 e. The van der Waals surface area contributed by atoms with Gasteiger partial charge in [-0.1, -0.05) is 19.3 Å². The van der Waals surface area contributed by atoms with Gasteiger partial charge in [0.25, 0.3) is 0 Å². The highest BCUT2D eigenvalue weighted by molar-refractivity contribution is 5.82. The van der Waals surface area contributed by atoms with Crippen molar-refractivity contribution in [2.24, 2.45) is 0 Å². The minimum Gasteiger partial charge on any atom is -0.348 e. The van der Waals surface area contributed by atoms with Gasteiger partial charge in [-0.05, 0) is 40.5 Å². The van der Waals surface area contributed by atoms with E-state index in [9.17, 15) is 4.79 Å². The Morgan fingerprint density at radius 2 is 2.03 bits per heavy atom. The molecule has 2 aliphatic rings. The number of nitrogens with zero attached hydrogens (tertiary/aromatic N) is 4. The van der Waals surface area contributed by atoms with E-state index >= 15 is 0 Å². The normalized spacial score (nSPS) is 20.6. The lowest BCUT2D eigenvalue weighted by molar-refractivity contribution is -0.135. The molecule has 0 radical (unpaired) electrons. The van der Waals surface area contributed by atoms with Crippen LogP contribution in [0.5, 0.6) is 0 Å². The van der Waals surface area contributed by atoms with Gasteiger partial charge in [-0.3, -0.25) is 14.8 Å². The number of aryl methyl sites for hydroxylation is 2. The molecule has 29 heavy (non-hydrogen) atoms. The van der Waals surface area contributed by atoms with E-state index in [4.69, 9.17) is 0 Å². The first-order valence-corrected chi connectivity index (χ1v) is 11.1. The highest BCUT2D eigenvalue weighted by Gasteiger charge is 2.45. The third-order valence-electron chi connectivity index (χ3n) is 6.91. The quantitative estimate of drug-likeness (QED) is 0.812. The van der Waals surface area contributed by atoms with Gasteiger partial charge in [0.15, 0.2) is 0 Å². The first-order valence-electron chi connectivity index (χ1n) is 11.1. The van der Waals surface area contributed by atoms with Crippen molar-refractivity contribution in [1.82, 2.24) is 30.0 Å². The van der Waals surface area contributed by atoms with Crippen molar-refractivity contribution in [3.63, 3.8) is 0 Å². The molecule has 0 aromatic carbocycles. The molecule has 1 saturated carbocycles. The minimum absolute atomic E-state index is 0.148. The van der Waals surface area contributed by atoms with Crippen LogP contribution >= 0.6 is 0 Å². The molecule has 2 aromatic rings. The van der Waals surface area contributed by atoms with Crippen molar-refractivity contribution in [3.8, 4) is 0 Å². The number of H-pyrrole nitrogens is 1. The molecule has 158 valence electrons. The van der Waals surface area contributed by atoms with Crippen molar-refractivity contribution in [2.75, 3.05) is 6.54 Å². The van der Waals surface area contributed by atoms with Crippen LogP contribution in [0.1, 0.15) is 74.3 Å². The molecule has 7 heteroatoms. The molecule has 7 nitrogen and oxygen atoms in total. The standard InChI is InChI=1S/C22H34N6O/c1-5-27(13-17-15(3)26-28(6-2)16(17)4)21(29)19-12-18-20(24-14-23-18)22(25-19)10-8-7-9-11-22/h14,19,25H,5-13H2,1-4H3,(H,23,24)/t19-/m0/s1. The number of aromatic amines is 1. The van der Waals surface area contributed by atoms with Crippen LogP contribution in [0.3, 0.4) is 0 Å². The summed E-state index contributed by atoms with van der Waals surface area (Å²) in [5, 5.41) is 8.39. The Balaban J connectivity index is 1.57. The summed E-state index contributed by atoms with van der Waals surface area (Å²) in [5.74, 6) is 0.181. The molecule has 4 rings (SSSR count). The zero-order chi connectivity index (χ0) is 20.6. The predicted octanol–water partition coefficient (Wildman–Crippen LogP) is 2.97. The zero-order valence-corrected chi connectivity index (χ0v) is 18.2. The van der Waals surface area contributed by atoms with Crippen molar-refractivity contribution in [2.45, 2.75) is 90.9 Å². The first kappa shape index (κ1) is 20.1. The number of rotatable bonds is 5. The summed E-state index contributed by atoms with van der Waals surface area (Å²) in [6.45, 7) is 10.5. The predicted molar refractivity (Wildman–Crippen MR) is 112 cm³/mol. The molecule has 1 fully saturated rings. The fourth-order valence-electron chi connectivity index (χ4n) is 5.26. The topological polar surface area (TPSA) is 78.8 Å². The Bertz CT molecular complexity index is 876. The van der Waals surface area contributed by atoms with Gasteiger partial charge in [0.05, 0.1) is 29.3 Å². The first-order chi connectivity index (χ1) is 14.0. The van der Waals surface area contributed by atoms with Gasteiger partial charge in [-0.25, -0.2) is 4.98 Å². The summed E-state index contributed by atoms with van der Waals surface area (Å²) < 4.78 is 2.02. The number of imidazole rings is 1. The van der Waals surface area contributed by atoms with E-state index in [2.05, 4.69) is 41.2 Å². The van der Waals surface area contributed by atoms with Gasteiger partial charge in [0, 0.05) is 43.0 Å². The molecule has 2 aromatic heterocycles. The number of aromatic nitrogens is 4. The number of hydrogen-bond donors (Lipinski definition) is 2. The van der Waals surface area contributed by atoms with Gasteiger partial charge < -0.3 is 9.88 Å². The summed E-state index contributed by atoms with van der Waals surface area (Å²) in [7, 11) is 0. The third-order valence-corrected chi connectivity index (χ3v) is 6.91. The lowest BCUT2D eigenvalue weighted by Crippen LogP contribution is -2.59. The Morgan fingerprint density at radius 1 is 1.28 bits per heavy atom. The fraction of sp³-hybridized carbons (Fsp3) is 0.682. The Labute approximate surface area is 173 Å². The molecule has 1 aliphatic carbocycles.